The van der Waals surface area contributed by atoms with Gasteiger partial charge >= 0.3 is 0 Å². The van der Waals surface area contributed by atoms with Crippen LogP contribution in [-0.2, 0) is 11.3 Å². The number of hydrogen-bond donors (Lipinski definition) is 4. The van der Waals surface area contributed by atoms with E-state index in [2.05, 4.69) is 15.6 Å². The molecule has 2 amide bonds. The molecule has 8 nitrogen and oxygen atoms in total. The Hall–Kier alpha value is -3.13. The van der Waals surface area contributed by atoms with Gasteiger partial charge in [-0.25, -0.2) is 4.98 Å². The minimum absolute atomic E-state index is 0.0333. The number of amides is 2. The number of phenolic OH excluding ortho intramolecular Hbond substituents is 1. The Morgan fingerprint density at radius 1 is 1.33 bits per heavy atom. The molecule has 142 valence electrons. The highest BCUT2D eigenvalue weighted by molar-refractivity contribution is 5.95. The second-order valence-electron chi connectivity index (χ2n) is 6.56. The molecule has 2 heterocycles. The lowest BCUT2D eigenvalue weighted by molar-refractivity contribution is -0.125. The maximum Gasteiger partial charge on any atom is 0.251 e. The first-order valence-corrected chi connectivity index (χ1v) is 8.73. The Morgan fingerprint density at radius 2 is 2.15 bits per heavy atom. The van der Waals surface area contributed by atoms with Gasteiger partial charge in [0.1, 0.15) is 11.6 Å². The van der Waals surface area contributed by atoms with Crippen molar-refractivity contribution in [2.45, 2.75) is 25.0 Å². The first-order valence-electron chi connectivity index (χ1n) is 8.73. The van der Waals surface area contributed by atoms with E-state index in [1.54, 1.807) is 31.4 Å². The standard InChI is InChI=1S/C19H23N5O3/c1-21-19(27)16-9-14(23-18(26)12-4-2-6-15(25)8-12)11-24(16)10-13-5-3-7-22-17(13)20/h2-8,14,16,25H,9-11H2,1H3,(H2,20,22)(H,21,27)(H,23,26)/t14-,16+/m1/s1. The van der Waals surface area contributed by atoms with Crippen LogP contribution in [0.1, 0.15) is 22.3 Å². The summed E-state index contributed by atoms with van der Waals surface area (Å²) in [5, 5.41) is 15.2. The third-order valence-corrected chi connectivity index (χ3v) is 4.70. The first-order chi connectivity index (χ1) is 13.0. The minimum Gasteiger partial charge on any atom is -0.508 e. The molecule has 0 unspecified atom stereocenters. The average molecular weight is 369 g/mol. The number of nitrogens with two attached hydrogens (primary N) is 1. The van der Waals surface area contributed by atoms with Gasteiger partial charge in [-0.15, -0.1) is 0 Å². The van der Waals surface area contributed by atoms with Crippen molar-refractivity contribution in [2.75, 3.05) is 19.3 Å². The van der Waals surface area contributed by atoms with Gasteiger partial charge in [-0.3, -0.25) is 14.5 Å². The van der Waals surface area contributed by atoms with Gasteiger partial charge in [0.2, 0.25) is 5.91 Å². The smallest absolute Gasteiger partial charge is 0.251 e. The van der Waals surface area contributed by atoms with Gasteiger partial charge in [0, 0.05) is 43.5 Å². The molecular weight excluding hydrogens is 346 g/mol. The number of aromatic hydroxyl groups is 1. The number of likely N-dealkylation sites (N-methyl/N-ethyl adjacent to an activating group) is 1. The van der Waals surface area contributed by atoms with Crippen LogP contribution in [0.5, 0.6) is 5.75 Å². The van der Waals surface area contributed by atoms with Crippen molar-refractivity contribution in [3.63, 3.8) is 0 Å². The van der Waals surface area contributed by atoms with E-state index in [1.165, 1.54) is 12.1 Å². The van der Waals surface area contributed by atoms with E-state index in [0.29, 0.717) is 30.9 Å². The number of anilines is 1. The van der Waals surface area contributed by atoms with Gasteiger partial charge in [-0.1, -0.05) is 12.1 Å². The van der Waals surface area contributed by atoms with Gasteiger partial charge in [-0.05, 0) is 30.7 Å². The Bertz CT molecular complexity index is 842. The second kappa shape index (κ2) is 8.05. The zero-order valence-corrected chi connectivity index (χ0v) is 15.1. The number of nitrogen functional groups attached to an aromatic ring is 1. The average Bonchev–Trinajstić information content (AvgIpc) is 3.05. The number of nitrogens with one attached hydrogen (secondary N) is 2. The highest BCUT2D eigenvalue weighted by atomic mass is 16.3. The Kier molecular flexibility index (Phi) is 5.56. The summed E-state index contributed by atoms with van der Waals surface area (Å²) in [7, 11) is 1.59. The lowest BCUT2D eigenvalue weighted by atomic mass is 10.1. The summed E-state index contributed by atoms with van der Waals surface area (Å²) in [6.07, 6.45) is 2.11. The van der Waals surface area contributed by atoms with E-state index in [1.807, 2.05) is 11.0 Å². The predicted molar refractivity (Wildman–Crippen MR) is 101 cm³/mol. The molecule has 0 spiro atoms. The fraction of sp³-hybridized carbons (Fsp3) is 0.316. The van der Waals surface area contributed by atoms with Crippen LogP contribution in [0.4, 0.5) is 5.82 Å². The SMILES string of the molecule is CNC(=O)[C@@H]1C[C@@H](NC(=O)c2cccc(O)c2)CN1Cc1cccnc1N. The van der Waals surface area contributed by atoms with Gasteiger partial charge in [0.05, 0.1) is 6.04 Å². The summed E-state index contributed by atoms with van der Waals surface area (Å²) in [4.78, 5) is 30.8. The highest BCUT2D eigenvalue weighted by Crippen LogP contribution is 2.23. The number of benzene rings is 1. The van der Waals surface area contributed by atoms with E-state index in [-0.39, 0.29) is 29.6 Å². The zero-order chi connectivity index (χ0) is 19.4. The number of hydrogen-bond acceptors (Lipinski definition) is 6. The van der Waals surface area contributed by atoms with Gasteiger partial charge < -0.3 is 21.5 Å². The van der Waals surface area contributed by atoms with Gasteiger partial charge in [0.15, 0.2) is 0 Å². The Labute approximate surface area is 157 Å². The molecule has 3 rings (SSSR count). The molecule has 0 bridgehead atoms. The highest BCUT2D eigenvalue weighted by Gasteiger charge is 2.37. The number of rotatable bonds is 5. The van der Waals surface area contributed by atoms with Crippen molar-refractivity contribution in [1.82, 2.24) is 20.5 Å². The van der Waals surface area contributed by atoms with Crippen LogP contribution in [0.15, 0.2) is 42.6 Å². The number of likely N-dealkylation sites (tertiary alicyclic amines) is 1. The molecule has 0 aliphatic carbocycles. The van der Waals surface area contributed by atoms with E-state index in [0.717, 1.165) is 5.56 Å². The molecule has 8 heteroatoms. The van der Waals surface area contributed by atoms with Crippen LogP contribution in [0.3, 0.4) is 0 Å². The number of carbonyl (C=O) groups excluding carboxylic acids is 2. The van der Waals surface area contributed by atoms with Crippen LogP contribution in [0.2, 0.25) is 0 Å². The van der Waals surface area contributed by atoms with E-state index in [9.17, 15) is 14.7 Å². The molecule has 1 aromatic carbocycles. The van der Waals surface area contributed by atoms with Crippen molar-refractivity contribution >= 4 is 17.6 Å². The monoisotopic (exact) mass is 369 g/mol. The number of nitrogens with zero attached hydrogens (tertiary/aromatic N) is 2. The van der Waals surface area contributed by atoms with Crippen LogP contribution >= 0.6 is 0 Å². The zero-order valence-electron chi connectivity index (χ0n) is 15.1. The molecule has 27 heavy (non-hydrogen) atoms. The van der Waals surface area contributed by atoms with Gasteiger partial charge in [0.25, 0.3) is 5.91 Å². The summed E-state index contributed by atoms with van der Waals surface area (Å²) in [6.45, 7) is 0.979. The van der Waals surface area contributed by atoms with E-state index < -0.39 is 0 Å². The van der Waals surface area contributed by atoms with Crippen molar-refractivity contribution in [1.29, 1.82) is 0 Å². The third kappa shape index (κ3) is 4.35. The van der Waals surface area contributed by atoms with Crippen LogP contribution in [-0.4, -0.2) is 52.5 Å². The molecule has 0 saturated carbocycles. The lowest BCUT2D eigenvalue weighted by Crippen LogP contribution is -2.41. The molecular formula is C19H23N5O3. The number of carbonyl (C=O) groups is 2. The number of phenols is 1. The Balaban J connectivity index is 1.72. The summed E-state index contributed by atoms with van der Waals surface area (Å²) >= 11 is 0. The maximum absolute atomic E-state index is 12.4. The van der Waals surface area contributed by atoms with E-state index in [4.69, 9.17) is 5.73 Å². The minimum atomic E-state index is -0.371. The van der Waals surface area contributed by atoms with Crippen molar-refractivity contribution in [2.24, 2.45) is 0 Å². The van der Waals surface area contributed by atoms with Gasteiger partial charge in [-0.2, -0.15) is 0 Å². The molecule has 2 aromatic rings. The second-order valence-corrected chi connectivity index (χ2v) is 6.56. The molecule has 0 radical (unpaired) electrons. The summed E-state index contributed by atoms with van der Waals surface area (Å²) in [5.41, 5.74) is 7.14. The predicted octanol–water partition coefficient (Wildman–Crippen LogP) is 0.488. The molecule has 1 aliphatic heterocycles. The molecule has 1 fully saturated rings. The number of pyridine rings is 1. The maximum atomic E-state index is 12.4. The normalized spacial score (nSPS) is 19.6. The molecule has 1 aliphatic rings. The fourth-order valence-electron chi connectivity index (χ4n) is 3.34. The fourth-order valence-corrected chi connectivity index (χ4v) is 3.34. The number of aromatic nitrogens is 1. The third-order valence-electron chi connectivity index (χ3n) is 4.70. The van der Waals surface area contributed by atoms with Crippen molar-refractivity contribution in [3.05, 3.63) is 53.7 Å². The van der Waals surface area contributed by atoms with Crippen molar-refractivity contribution in [3.8, 4) is 5.75 Å². The van der Waals surface area contributed by atoms with Crippen LogP contribution in [0.25, 0.3) is 0 Å². The lowest BCUT2D eigenvalue weighted by Gasteiger charge is -2.23. The molecule has 1 aromatic heterocycles. The summed E-state index contributed by atoms with van der Waals surface area (Å²) in [6, 6.07) is 9.28. The van der Waals surface area contributed by atoms with Crippen LogP contribution in [0, 0.1) is 0 Å². The Morgan fingerprint density at radius 3 is 2.85 bits per heavy atom. The van der Waals surface area contributed by atoms with Crippen molar-refractivity contribution < 1.29 is 14.7 Å². The van der Waals surface area contributed by atoms with Crippen LogP contribution < -0.4 is 16.4 Å². The molecule has 5 N–H and O–H groups in total. The molecule has 1 saturated heterocycles. The van der Waals surface area contributed by atoms with E-state index >= 15 is 0 Å². The largest absolute Gasteiger partial charge is 0.508 e. The quantitative estimate of drug-likeness (QED) is 0.609. The summed E-state index contributed by atoms with van der Waals surface area (Å²) in [5.74, 6) is 0.0762. The first kappa shape index (κ1) is 18.7. The molecule has 2 atom stereocenters. The topological polar surface area (TPSA) is 121 Å². The summed E-state index contributed by atoms with van der Waals surface area (Å²) < 4.78 is 0.